The second-order valence-electron chi connectivity index (χ2n) is 5.01. The molecular weight excluding hydrogens is 339 g/mol. The second kappa shape index (κ2) is 8.04. The summed E-state index contributed by atoms with van der Waals surface area (Å²) in [5, 5.41) is 3.44. The minimum atomic E-state index is -0.308. The van der Waals surface area contributed by atoms with Crippen LogP contribution in [-0.4, -0.2) is 30.3 Å². The molecule has 0 aliphatic heterocycles. The van der Waals surface area contributed by atoms with Crippen molar-refractivity contribution in [1.82, 2.24) is 4.90 Å². The molecule has 0 saturated heterocycles. The molecule has 2 amide bonds. The molecule has 1 N–H and O–H groups in total. The number of halogens is 2. The molecule has 23 heavy (non-hydrogen) atoms. The van der Waals surface area contributed by atoms with E-state index in [1.54, 1.807) is 37.6 Å². The van der Waals surface area contributed by atoms with Crippen molar-refractivity contribution >= 4 is 40.7 Å². The van der Waals surface area contributed by atoms with Crippen LogP contribution in [0.15, 0.2) is 41.0 Å². The molecule has 0 unspecified atom stereocenters. The highest BCUT2D eigenvalue weighted by atomic mass is 35.5. The maximum absolute atomic E-state index is 12.0. The summed E-state index contributed by atoms with van der Waals surface area (Å²) < 4.78 is 5.17. The quantitative estimate of drug-likeness (QED) is 0.861. The van der Waals surface area contributed by atoms with Crippen molar-refractivity contribution in [2.45, 2.75) is 12.8 Å². The van der Waals surface area contributed by atoms with Gasteiger partial charge in [-0.1, -0.05) is 23.2 Å². The van der Waals surface area contributed by atoms with Crippen LogP contribution in [0.4, 0.5) is 5.69 Å². The standard InChI is InChI=1S/C16H16Cl2N2O3/c1-20(16(22)7-5-12-3-2-8-23-12)10-15(21)19-11-4-6-13(17)14(18)9-11/h2-4,6,8-9H,5,7,10H2,1H3,(H,19,21). The van der Waals surface area contributed by atoms with E-state index in [4.69, 9.17) is 27.6 Å². The fourth-order valence-electron chi connectivity index (χ4n) is 1.95. The van der Waals surface area contributed by atoms with Crippen molar-refractivity contribution in [3.05, 3.63) is 52.4 Å². The molecule has 1 heterocycles. The van der Waals surface area contributed by atoms with Gasteiger partial charge in [-0.3, -0.25) is 9.59 Å². The average Bonchev–Trinajstić information content (AvgIpc) is 3.01. The largest absolute Gasteiger partial charge is 0.469 e. The minimum absolute atomic E-state index is 0.0444. The smallest absolute Gasteiger partial charge is 0.243 e. The molecule has 0 atom stereocenters. The first-order valence-electron chi connectivity index (χ1n) is 6.97. The van der Waals surface area contributed by atoms with Crippen molar-refractivity contribution in [1.29, 1.82) is 0 Å². The molecule has 122 valence electrons. The van der Waals surface area contributed by atoms with Crippen LogP contribution in [0.1, 0.15) is 12.2 Å². The molecule has 0 fully saturated rings. The molecule has 7 heteroatoms. The van der Waals surface area contributed by atoms with Crippen molar-refractivity contribution in [3.63, 3.8) is 0 Å². The number of likely N-dealkylation sites (N-methyl/N-ethyl adjacent to an activating group) is 1. The van der Waals surface area contributed by atoms with Crippen molar-refractivity contribution in [3.8, 4) is 0 Å². The number of anilines is 1. The second-order valence-corrected chi connectivity index (χ2v) is 5.82. The molecule has 2 aromatic rings. The molecule has 0 aliphatic carbocycles. The van der Waals surface area contributed by atoms with Crippen LogP contribution in [0, 0.1) is 0 Å². The molecule has 1 aromatic heterocycles. The number of nitrogens with zero attached hydrogens (tertiary/aromatic N) is 1. The average molecular weight is 355 g/mol. The molecule has 1 aromatic carbocycles. The number of hydrogen-bond acceptors (Lipinski definition) is 3. The number of nitrogens with one attached hydrogen (secondary N) is 1. The summed E-state index contributed by atoms with van der Waals surface area (Å²) in [6.07, 6.45) is 2.35. The normalized spacial score (nSPS) is 10.4. The summed E-state index contributed by atoms with van der Waals surface area (Å²) in [4.78, 5) is 25.3. The predicted molar refractivity (Wildman–Crippen MR) is 89.8 cm³/mol. The highest BCUT2D eigenvalue weighted by Crippen LogP contribution is 2.24. The molecule has 0 radical (unpaired) electrons. The number of carbonyl (C=O) groups is 2. The zero-order valence-electron chi connectivity index (χ0n) is 12.5. The lowest BCUT2D eigenvalue weighted by molar-refractivity contribution is -0.133. The summed E-state index contributed by atoms with van der Waals surface area (Å²) >= 11 is 11.7. The fraction of sp³-hybridized carbons (Fsp3) is 0.250. The lowest BCUT2D eigenvalue weighted by Gasteiger charge is -2.16. The van der Waals surface area contributed by atoms with Crippen LogP contribution in [0.5, 0.6) is 0 Å². The maximum Gasteiger partial charge on any atom is 0.243 e. The summed E-state index contributed by atoms with van der Waals surface area (Å²) in [6.45, 7) is -0.0444. The van der Waals surface area contributed by atoms with Gasteiger partial charge in [0.15, 0.2) is 0 Å². The third kappa shape index (κ3) is 5.30. The number of furan rings is 1. The monoisotopic (exact) mass is 354 g/mol. The number of rotatable bonds is 6. The van der Waals surface area contributed by atoms with E-state index in [9.17, 15) is 9.59 Å². The Kier molecular flexibility index (Phi) is 6.07. The van der Waals surface area contributed by atoms with Gasteiger partial charge in [0, 0.05) is 25.6 Å². The van der Waals surface area contributed by atoms with E-state index in [1.165, 1.54) is 4.90 Å². The van der Waals surface area contributed by atoms with Gasteiger partial charge in [0.1, 0.15) is 5.76 Å². The van der Waals surface area contributed by atoms with Gasteiger partial charge in [-0.25, -0.2) is 0 Å². The van der Waals surface area contributed by atoms with E-state index in [1.807, 2.05) is 6.07 Å². The Labute approximate surface area is 144 Å². The third-order valence-electron chi connectivity index (χ3n) is 3.18. The summed E-state index contributed by atoms with van der Waals surface area (Å²) in [6, 6.07) is 8.38. The van der Waals surface area contributed by atoms with Gasteiger partial charge >= 0.3 is 0 Å². The Balaban J connectivity index is 1.81. The first kappa shape index (κ1) is 17.4. The summed E-state index contributed by atoms with van der Waals surface area (Å²) in [5.41, 5.74) is 0.529. The van der Waals surface area contributed by atoms with Crippen LogP contribution in [0.2, 0.25) is 10.0 Å². The number of hydrogen-bond donors (Lipinski definition) is 1. The Morgan fingerprint density at radius 3 is 2.65 bits per heavy atom. The van der Waals surface area contributed by atoms with Crippen molar-refractivity contribution < 1.29 is 14.0 Å². The highest BCUT2D eigenvalue weighted by molar-refractivity contribution is 6.42. The van der Waals surface area contributed by atoms with Crippen molar-refractivity contribution in [2.24, 2.45) is 0 Å². The minimum Gasteiger partial charge on any atom is -0.469 e. The lowest BCUT2D eigenvalue weighted by atomic mass is 10.2. The number of carbonyl (C=O) groups excluding carboxylic acids is 2. The van der Waals surface area contributed by atoms with Crippen LogP contribution in [0.25, 0.3) is 0 Å². The molecular formula is C16H16Cl2N2O3. The van der Waals surface area contributed by atoms with E-state index in [0.29, 0.717) is 22.2 Å². The van der Waals surface area contributed by atoms with Crippen LogP contribution >= 0.6 is 23.2 Å². The zero-order valence-corrected chi connectivity index (χ0v) is 14.0. The van der Waals surface area contributed by atoms with Crippen LogP contribution < -0.4 is 5.32 Å². The SMILES string of the molecule is CN(CC(=O)Nc1ccc(Cl)c(Cl)c1)C(=O)CCc1ccco1. The zero-order chi connectivity index (χ0) is 16.8. The van der Waals surface area contributed by atoms with Gasteiger partial charge in [0.25, 0.3) is 0 Å². The lowest BCUT2D eigenvalue weighted by Crippen LogP contribution is -2.35. The summed E-state index contributed by atoms with van der Waals surface area (Å²) in [7, 11) is 1.58. The van der Waals surface area contributed by atoms with E-state index >= 15 is 0 Å². The molecule has 0 aliphatic rings. The molecule has 0 saturated carbocycles. The highest BCUT2D eigenvalue weighted by Gasteiger charge is 2.14. The first-order valence-corrected chi connectivity index (χ1v) is 7.72. The Hall–Kier alpha value is -1.98. The molecule has 0 bridgehead atoms. The topological polar surface area (TPSA) is 62.6 Å². The number of aryl methyl sites for hydroxylation is 1. The first-order chi connectivity index (χ1) is 11.0. The van der Waals surface area contributed by atoms with Crippen LogP contribution in [-0.2, 0) is 16.0 Å². The van der Waals surface area contributed by atoms with E-state index in [-0.39, 0.29) is 24.8 Å². The van der Waals surface area contributed by atoms with Gasteiger partial charge in [-0.05, 0) is 30.3 Å². The van der Waals surface area contributed by atoms with Gasteiger partial charge in [-0.15, -0.1) is 0 Å². The number of benzene rings is 1. The third-order valence-corrected chi connectivity index (χ3v) is 3.91. The molecule has 0 spiro atoms. The predicted octanol–water partition coefficient (Wildman–Crippen LogP) is 3.62. The van der Waals surface area contributed by atoms with Gasteiger partial charge < -0.3 is 14.6 Å². The van der Waals surface area contributed by atoms with E-state index in [2.05, 4.69) is 5.32 Å². The maximum atomic E-state index is 12.0. The Morgan fingerprint density at radius 2 is 2.00 bits per heavy atom. The van der Waals surface area contributed by atoms with E-state index < -0.39 is 0 Å². The summed E-state index contributed by atoms with van der Waals surface area (Å²) in [5.74, 6) is 0.301. The van der Waals surface area contributed by atoms with Crippen molar-refractivity contribution in [2.75, 3.05) is 18.9 Å². The Morgan fingerprint density at radius 1 is 1.22 bits per heavy atom. The molecule has 2 rings (SSSR count). The van der Waals surface area contributed by atoms with Gasteiger partial charge in [0.05, 0.1) is 22.9 Å². The fourth-order valence-corrected chi connectivity index (χ4v) is 2.25. The van der Waals surface area contributed by atoms with Gasteiger partial charge in [-0.2, -0.15) is 0 Å². The van der Waals surface area contributed by atoms with Gasteiger partial charge in [0.2, 0.25) is 11.8 Å². The Bertz CT molecular complexity index is 687. The van der Waals surface area contributed by atoms with Crippen LogP contribution in [0.3, 0.4) is 0 Å². The van der Waals surface area contributed by atoms with E-state index in [0.717, 1.165) is 5.76 Å². The number of amides is 2. The molecule has 5 nitrogen and oxygen atoms in total.